The van der Waals surface area contributed by atoms with Crippen molar-refractivity contribution in [1.29, 1.82) is 0 Å². The summed E-state index contributed by atoms with van der Waals surface area (Å²) in [4.78, 5) is 18.7. The van der Waals surface area contributed by atoms with Crippen LogP contribution in [-0.2, 0) is 11.2 Å². The van der Waals surface area contributed by atoms with Crippen LogP contribution in [0.3, 0.4) is 0 Å². The molecule has 1 aliphatic carbocycles. The number of hydrogen-bond donors (Lipinski definition) is 1. The Bertz CT molecular complexity index is 913. The smallest absolute Gasteiger partial charge is 0.255 e. The topological polar surface area (TPSA) is 39.3 Å². The molecule has 8 heteroatoms. The number of likely N-dealkylation sites (N-methyl/N-ethyl adjacent to an activating group) is 1. The molecule has 0 radical (unpaired) electrons. The summed E-state index contributed by atoms with van der Waals surface area (Å²) in [5.41, 5.74) is 4.16. The van der Waals surface area contributed by atoms with Crippen molar-refractivity contribution in [3.8, 4) is 0 Å². The summed E-state index contributed by atoms with van der Waals surface area (Å²) in [6, 6.07) is 5.95. The zero-order valence-electron chi connectivity index (χ0n) is 15.3. The Morgan fingerprint density at radius 1 is 1.25 bits per heavy atom. The Hall–Kier alpha value is -2.35. The highest BCUT2D eigenvalue weighted by molar-refractivity contribution is 5.99. The van der Waals surface area contributed by atoms with Gasteiger partial charge < -0.3 is 9.88 Å². The predicted molar refractivity (Wildman–Crippen MR) is 98.5 cm³/mol. The highest BCUT2D eigenvalue weighted by Crippen LogP contribution is 2.41. The summed E-state index contributed by atoms with van der Waals surface area (Å²) < 4.78 is 51.3. The van der Waals surface area contributed by atoms with Gasteiger partial charge in [-0.3, -0.25) is 9.69 Å². The first-order valence-corrected chi connectivity index (χ1v) is 9.21. The first-order valence-electron chi connectivity index (χ1n) is 9.21. The molecule has 150 valence electrons. The van der Waals surface area contributed by atoms with Gasteiger partial charge in [0, 0.05) is 29.7 Å². The third-order valence-electron chi connectivity index (χ3n) is 5.61. The Morgan fingerprint density at radius 2 is 1.96 bits per heavy atom. The molecule has 1 amide bonds. The SMILES string of the molecule is CN1C[C@H](C(=O)N(CC(F)F)CC(F)F)C=C2c3cccc4[nH]cc(c34)C[C@H]21. The van der Waals surface area contributed by atoms with Crippen molar-refractivity contribution in [2.75, 3.05) is 26.7 Å². The van der Waals surface area contributed by atoms with Crippen molar-refractivity contribution in [2.45, 2.75) is 25.3 Å². The number of carbonyl (C=O) groups is 1. The van der Waals surface area contributed by atoms with Crippen molar-refractivity contribution in [3.05, 3.63) is 41.6 Å². The summed E-state index contributed by atoms with van der Waals surface area (Å²) in [5, 5.41) is 1.10. The van der Waals surface area contributed by atoms with E-state index in [2.05, 4.69) is 4.98 Å². The monoisotopic (exact) mass is 395 g/mol. The molecule has 0 saturated heterocycles. The lowest BCUT2D eigenvalue weighted by Crippen LogP contribution is -2.49. The summed E-state index contributed by atoms with van der Waals surface area (Å²) in [5.74, 6) is -1.41. The number of nitrogens with one attached hydrogen (secondary N) is 1. The van der Waals surface area contributed by atoms with Gasteiger partial charge in [0.25, 0.3) is 12.9 Å². The van der Waals surface area contributed by atoms with E-state index < -0.39 is 37.8 Å². The molecule has 2 aliphatic rings. The second-order valence-corrected chi connectivity index (χ2v) is 7.46. The molecule has 1 aliphatic heterocycles. The molecule has 2 aromatic rings. The number of aromatic amines is 1. The van der Waals surface area contributed by atoms with E-state index in [0.29, 0.717) is 11.4 Å². The average Bonchev–Trinajstić information content (AvgIpc) is 3.05. The molecule has 4 rings (SSSR count). The molecule has 28 heavy (non-hydrogen) atoms. The summed E-state index contributed by atoms with van der Waals surface area (Å²) in [7, 11) is 1.88. The number of amides is 1. The zero-order valence-corrected chi connectivity index (χ0v) is 15.3. The van der Waals surface area contributed by atoms with E-state index in [1.165, 1.54) is 5.56 Å². The van der Waals surface area contributed by atoms with Crippen LogP contribution in [0, 0.1) is 5.92 Å². The zero-order chi connectivity index (χ0) is 20.0. The van der Waals surface area contributed by atoms with Gasteiger partial charge in [-0.15, -0.1) is 0 Å². The third kappa shape index (κ3) is 3.30. The number of carbonyl (C=O) groups excluding carboxylic acids is 1. The highest BCUT2D eigenvalue weighted by Gasteiger charge is 2.37. The fourth-order valence-electron chi connectivity index (χ4n) is 4.43. The van der Waals surface area contributed by atoms with Crippen LogP contribution in [0.25, 0.3) is 16.5 Å². The molecule has 1 aromatic heterocycles. The number of rotatable bonds is 5. The molecule has 0 spiro atoms. The Morgan fingerprint density at radius 3 is 2.64 bits per heavy atom. The second kappa shape index (κ2) is 7.24. The fraction of sp³-hybridized carbons (Fsp3) is 0.450. The van der Waals surface area contributed by atoms with Crippen LogP contribution in [0.1, 0.15) is 11.1 Å². The van der Waals surface area contributed by atoms with Gasteiger partial charge >= 0.3 is 0 Å². The van der Waals surface area contributed by atoms with Crippen LogP contribution in [0.2, 0.25) is 0 Å². The fourth-order valence-corrected chi connectivity index (χ4v) is 4.43. The van der Waals surface area contributed by atoms with Crippen LogP contribution in [0.15, 0.2) is 30.5 Å². The van der Waals surface area contributed by atoms with E-state index in [0.717, 1.165) is 28.5 Å². The van der Waals surface area contributed by atoms with Crippen LogP contribution >= 0.6 is 0 Å². The minimum absolute atomic E-state index is 0.0663. The van der Waals surface area contributed by atoms with Crippen molar-refractivity contribution < 1.29 is 22.4 Å². The van der Waals surface area contributed by atoms with Crippen molar-refractivity contribution >= 4 is 22.4 Å². The lowest BCUT2D eigenvalue weighted by atomic mass is 9.79. The minimum Gasteiger partial charge on any atom is -0.361 e. The highest BCUT2D eigenvalue weighted by atomic mass is 19.3. The number of H-pyrrole nitrogens is 1. The molecule has 0 unspecified atom stereocenters. The largest absolute Gasteiger partial charge is 0.361 e. The molecule has 1 aromatic carbocycles. The number of alkyl halides is 4. The van der Waals surface area contributed by atoms with Gasteiger partial charge in [0.05, 0.1) is 19.0 Å². The van der Waals surface area contributed by atoms with E-state index in [1.807, 2.05) is 36.3 Å². The lowest BCUT2D eigenvalue weighted by molar-refractivity contribution is -0.138. The van der Waals surface area contributed by atoms with Crippen LogP contribution in [-0.4, -0.2) is 66.3 Å². The van der Waals surface area contributed by atoms with Crippen molar-refractivity contribution in [1.82, 2.24) is 14.8 Å². The number of halogens is 4. The Balaban J connectivity index is 1.70. The first-order chi connectivity index (χ1) is 13.3. The van der Waals surface area contributed by atoms with Crippen molar-refractivity contribution in [2.24, 2.45) is 5.92 Å². The summed E-state index contributed by atoms with van der Waals surface area (Å²) in [6.07, 6.45) is -1.14. The molecule has 4 nitrogen and oxygen atoms in total. The normalized spacial score (nSPS) is 21.9. The summed E-state index contributed by atoms with van der Waals surface area (Å²) >= 11 is 0. The van der Waals surface area contributed by atoms with Gasteiger partial charge in [0.15, 0.2) is 0 Å². The number of nitrogens with zero attached hydrogens (tertiary/aromatic N) is 2. The first kappa shape index (κ1) is 19.0. The number of benzene rings is 1. The molecule has 2 atom stereocenters. The van der Waals surface area contributed by atoms with Gasteiger partial charge in [-0.1, -0.05) is 18.2 Å². The van der Waals surface area contributed by atoms with E-state index in [4.69, 9.17) is 0 Å². The van der Waals surface area contributed by atoms with Gasteiger partial charge in [0.2, 0.25) is 5.91 Å². The predicted octanol–water partition coefficient (Wildman–Crippen LogP) is 3.40. The number of fused-ring (bicyclic) bond motifs is 2. The van der Waals surface area contributed by atoms with Crippen molar-refractivity contribution in [3.63, 3.8) is 0 Å². The second-order valence-electron chi connectivity index (χ2n) is 7.46. The molecular weight excluding hydrogens is 374 g/mol. The number of hydrogen-bond acceptors (Lipinski definition) is 2. The molecule has 0 saturated carbocycles. The van der Waals surface area contributed by atoms with E-state index in [1.54, 1.807) is 6.08 Å². The number of aromatic nitrogens is 1. The van der Waals surface area contributed by atoms with Crippen LogP contribution < -0.4 is 0 Å². The summed E-state index contributed by atoms with van der Waals surface area (Å²) in [6.45, 7) is -1.65. The maximum Gasteiger partial charge on any atom is 0.255 e. The van der Waals surface area contributed by atoms with Crippen LogP contribution in [0.5, 0.6) is 0 Å². The Kier molecular flexibility index (Phi) is 4.91. The lowest BCUT2D eigenvalue weighted by Gasteiger charge is -2.40. The van der Waals surface area contributed by atoms with Gasteiger partial charge in [-0.2, -0.15) is 0 Å². The molecular formula is C20H21F4N3O. The Labute approximate surface area is 159 Å². The van der Waals surface area contributed by atoms with Gasteiger partial charge in [-0.05, 0) is 36.2 Å². The maximum absolute atomic E-state index is 12.8. The molecule has 1 N–H and O–H groups in total. The molecule has 0 bridgehead atoms. The van der Waals surface area contributed by atoms with Crippen LogP contribution in [0.4, 0.5) is 17.6 Å². The molecule has 0 fully saturated rings. The van der Waals surface area contributed by atoms with E-state index in [-0.39, 0.29) is 6.04 Å². The minimum atomic E-state index is -2.85. The van der Waals surface area contributed by atoms with Gasteiger partial charge in [-0.25, -0.2) is 17.6 Å². The molecule has 2 heterocycles. The van der Waals surface area contributed by atoms with E-state index in [9.17, 15) is 22.4 Å². The third-order valence-corrected chi connectivity index (χ3v) is 5.61. The maximum atomic E-state index is 12.8. The standard InChI is InChI=1S/C20H21F4N3O/c1-26-8-12(20(28)27(9-17(21)22)10-18(23)24)5-14-13-3-2-4-15-19(13)11(7-25-15)6-16(14)26/h2-5,7,12,16-18,25H,6,8-10H2,1H3/t12-,16-/m1/s1. The van der Waals surface area contributed by atoms with E-state index >= 15 is 0 Å². The quantitative estimate of drug-likeness (QED) is 0.789. The van der Waals surface area contributed by atoms with Gasteiger partial charge in [0.1, 0.15) is 0 Å². The average molecular weight is 395 g/mol.